The standard InChI is InChI=1S/C23H30N4O2/c1-4-7-14-25-23(28)26-17-10-8-16(9-11-17)22-21(24)19-13-12-18(29-6-3)15-20(19)27(22)5-2/h8-13,15H,4-7,14,24H2,1-3H3,(H2,25,26,28). The van der Waals surface area contributed by atoms with E-state index in [9.17, 15) is 4.79 Å². The van der Waals surface area contributed by atoms with Gasteiger partial charge in [-0.15, -0.1) is 0 Å². The minimum absolute atomic E-state index is 0.183. The lowest BCUT2D eigenvalue weighted by Gasteiger charge is -2.11. The SMILES string of the molecule is CCCCNC(=O)Nc1ccc(-c2c(N)c3ccc(OCC)cc3n2CC)cc1. The molecule has 0 atom stereocenters. The molecule has 6 heteroatoms. The van der Waals surface area contributed by atoms with Crippen LogP contribution in [0.2, 0.25) is 0 Å². The Morgan fingerprint density at radius 2 is 1.86 bits per heavy atom. The van der Waals surface area contributed by atoms with Gasteiger partial charge in [0.2, 0.25) is 0 Å². The Bertz CT molecular complexity index is 977. The van der Waals surface area contributed by atoms with Crippen LogP contribution in [0, 0.1) is 0 Å². The van der Waals surface area contributed by atoms with Gasteiger partial charge in [-0.05, 0) is 44.5 Å². The summed E-state index contributed by atoms with van der Waals surface area (Å²) in [7, 11) is 0. The molecule has 1 aromatic heterocycles. The molecular weight excluding hydrogens is 364 g/mol. The normalized spacial score (nSPS) is 10.9. The van der Waals surface area contributed by atoms with Gasteiger partial charge < -0.3 is 25.7 Å². The fourth-order valence-corrected chi connectivity index (χ4v) is 3.52. The topological polar surface area (TPSA) is 81.3 Å². The first kappa shape index (κ1) is 20.6. The number of nitrogen functional groups attached to an aromatic ring is 1. The average Bonchev–Trinajstić information content (AvgIpc) is 3.00. The number of hydrogen-bond donors (Lipinski definition) is 3. The molecule has 1 heterocycles. The summed E-state index contributed by atoms with van der Waals surface area (Å²) >= 11 is 0. The van der Waals surface area contributed by atoms with E-state index in [0.717, 1.165) is 58.7 Å². The minimum atomic E-state index is -0.183. The van der Waals surface area contributed by atoms with Gasteiger partial charge in [0.1, 0.15) is 5.75 Å². The zero-order valence-corrected chi connectivity index (χ0v) is 17.4. The lowest BCUT2D eigenvalue weighted by atomic mass is 10.1. The van der Waals surface area contributed by atoms with Crippen LogP contribution in [-0.2, 0) is 6.54 Å². The van der Waals surface area contributed by atoms with E-state index >= 15 is 0 Å². The van der Waals surface area contributed by atoms with Crippen molar-refractivity contribution in [3.63, 3.8) is 0 Å². The number of fused-ring (bicyclic) bond motifs is 1. The zero-order chi connectivity index (χ0) is 20.8. The van der Waals surface area contributed by atoms with Crippen LogP contribution in [-0.4, -0.2) is 23.7 Å². The van der Waals surface area contributed by atoms with Crippen molar-refractivity contribution in [2.45, 2.75) is 40.2 Å². The van der Waals surface area contributed by atoms with Crippen LogP contribution in [0.1, 0.15) is 33.6 Å². The van der Waals surface area contributed by atoms with Crippen LogP contribution >= 0.6 is 0 Å². The number of rotatable bonds is 8. The molecule has 2 amide bonds. The van der Waals surface area contributed by atoms with Crippen LogP contribution in [0.15, 0.2) is 42.5 Å². The van der Waals surface area contributed by atoms with Gasteiger partial charge in [0, 0.05) is 35.8 Å². The first-order chi connectivity index (χ1) is 14.1. The number of benzene rings is 2. The summed E-state index contributed by atoms with van der Waals surface area (Å²) in [4.78, 5) is 11.9. The first-order valence-electron chi connectivity index (χ1n) is 10.3. The van der Waals surface area contributed by atoms with E-state index in [0.29, 0.717) is 13.2 Å². The molecule has 0 aliphatic heterocycles. The molecule has 3 aromatic rings. The molecule has 0 radical (unpaired) electrons. The van der Waals surface area contributed by atoms with Crippen LogP contribution in [0.5, 0.6) is 5.75 Å². The summed E-state index contributed by atoms with van der Waals surface area (Å²) in [5.74, 6) is 0.840. The van der Waals surface area contributed by atoms with E-state index in [4.69, 9.17) is 10.5 Å². The number of aromatic nitrogens is 1. The van der Waals surface area contributed by atoms with Crippen molar-refractivity contribution in [3.05, 3.63) is 42.5 Å². The Kier molecular flexibility index (Phi) is 6.65. The van der Waals surface area contributed by atoms with Crippen molar-refractivity contribution in [1.82, 2.24) is 9.88 Å². The predicted molar refractivity (Wildman–Crippen MR) is 121 cm³/mol. The van der Waals surface area contributed by atoms with E-state index < -0.39 is 0 Å². The molecule has 0 saturated heterocycles. The van der Waals surface area contributed by atoms with Gasteiger partial charge in [-0.3, -0.25) is 0 Å². The average molecular weight is 395 g/mol. The van der Waals surface area contributed by atoms with Gasteiger partial charge in [-0.2, -0.15) is 0 Å². The molecule has 4 N–H and O–H groups in total. The highest BCUT2D eigenvalue weighted by molar-refractivity contribution is 6.01. The number of ether oxygens (including phenoxy) is 1. The fraction of sp³-hybridized carbons (Fsp3) is 0.348. The van der Waals surface area contributed by atoms with Crippen molar-refractivity contribution in [2.75, 3.05) is 24.2 Å². The van der Waals surface area contributed by atoms with Gasteiger partial charge in [0.25, 0.3) is 0 Å². The molecular formula is C23H30N4O2. The Morgan fingerprint density at radius 3 is 2.52 bits per heavy atom. The second kappa shape index (κ2) is 9.37. The molecule has 29 heavy (non-hydrogen) atoms. The minimum Gasteiger partial charge on any atom is -0.494 e. The number of urea groups is 1. The number of carbonyl (C=O) groups excluding carboxylic acids is 1. The third kappa shape index (κ3) is 4.47. The zero-order valence-electron chi connectivity index (χ0n) is 17.4. The largest absolute Gasteiger partial charge is 0.494 e. The fourth-order valence-electron chi connectivity index (χ4n) is 3.52. The van der Waals surface area contributed by atoms with Crippen molar-refractivity contribution in [2.24, 2.45) is 0 Å². The summed E-state index contributed by atoms with van der Waals surface area (Å²) in [5, 5.41) is 6.74. The number of hydrogen-bond acceptors (Lipinski definition) is 3. The van der Waals surface area contributed by atoms with Crippen LogP contribution in [0.3, 0.4) is 0 Å². The van der Waals surface area contributed by atoms with Crippen LogP contribution in [0.25, 0.3) is 22.2 Å². The van der Waals surface area contributed by atoms with E-state index in [1.54, 1.807) is 0 Å². The van der Waals surface area contributed by atoms with Gasteiger partial charge in [0.05, 0.1) is 23.5 Å². The number of anilines is 2. The third-order valence-corrected chi connectivity index (χ3v) is 4.93. The second-order valence-corrected chi connectivity index (χ2v) is 6.93. The highest BCUT2D eigenvalue weighted by Gasteiger charge is 2.16. The predicted octanol–water partition coefficient (Wildman–Crippen LogP) is 5.23. The second-order valence-electron chi connectivity index (χ2n) is 6.93. The molecule has 3 rings (SSSR count). The van der Waals surface area contributed by atoms with E-state index in [2.05, 4.69) is 29.0 Å². The Hall–Kier alpha value is -3.15. The van der Waals surface area contributed by atoms with Crippen molar-refractivity contribution < 1.29 is 9.53 Å². The molecule has 6 nitrogen and oxygen atoms in total. The highest BCUT2D eigenvalue weighted by atomic mass is 16.5. The lowest BCUT2D eigenvalue weighted by Crippen LogP contribution is -2.29. The van der Waals surface area contributed by atoms with Gasteiger partial charge in [-0.1, -0.05) is 25.5 Å². The molecule has 154 valence electrons. The van der Waals surface area contributed by atoms with Crippen LogP contribution < -0.4 is 21.1 Å². The Balaban J connectivity index is 1.88. The smallest absolute Gasteiger partial charge is 0.319 e. The lowest BCUT2D eigenvalue weighted by molar-refractivity contribution is 0.252. The molecule has 0 saturated carbocycles. The summed E-state index contributed by atoms with van der Waals surface area (Å²) < 4.78 is 7.86. The Labute approximate surface area is 172 Å². The third-order valence-electron chi connectivity index (χ3n) is 4.93. The van der Waals surface area contributed by atoms with E-state index in [1.807, 2.05) is 49.4 Å². The maximum atomic E-state index is 11.9. The quantitative estimate of drug-likeness (QED) is 0.458. The van der Waals surface area contributed by atoms with E-state index in [-0.39, 0.29) is 6.03 Å². The van der Waals surface area contributed by atoms with Crippen molar-refractivity contribution in [3.8, 4) is 17.0 Å². The van der Waals surface area contributed by atoms with Crippen LogP contribution in [0.4, 0.5) is 16.2 Å². The van der Waals surface area contributed by atoms with Gasteiger partial charge in [-0.25, -0.2) is 4.79 Å². The number of aryl methyl sites for hydroxylation is 1. The number of unbranched alkanes of at least 4 members (excludes halogenated alkanes) is 1. The molecule has 2 aromatic carbocycles. The summed E-state index contributed by atoms with van der Waals surface area (Å²) in [5.41, 5.74) is 11.1. The summed E-state index contributed by atoms with van der Waals surface area (Å²) in [6, 6.07) is 13.6. The molecule has 0 aliphatic rings. The number of nitrogens with two attached hydrogens (primary N) is 1. The maximum absolute atomic E-state index is 11.9. The van der Waals surface area contributed by atoms with Crippen molar-refractivity contribution >= 4 is 28.3 Å². The Morgan fingerprint density at radius 1 is 1.10 bits per heavy atom. The summed E-state index contributed by atoms with van der Waals surface area (Å²) in [6.45, 7) is 8.27. The number of nitrogens with zero attached hydrogens (tertiary/aromatic N) is 1. The molecule has 0 spiro atoms. The van der Waals surface area contributed by atoms with E-state index in [1.165, 1.54) is 0 Å². The molecule has 0 fully saturated rings. The molecule has 0 aliphatic carbocycles. The molecule has 0 unspecified atom stereocenters. The maximum Gasteiger partial charge on any atom is 0.319 e. The van der Waals surface area contributed by atoms with Gasteiger partial charge in [0.15, 0.2) is 0 Å². The number of carbonyl (C=O) groups is 1. The van der Waals surface area contributed by atoms with Gasteiger partial charge >= 0.3 is 6.03 Å². The highest BCUT2D eigenvalue weighted by Crippen LogP contribution is 2.38. The number of amides is 2. The first-order valence-corrected chi connectivity index (χ1v) is 10.3. The summed E-state index contributed by atoms with van der Waals surface area (Å²) in [6.07, 6.45) is 2.02. The number of nitrogens with one attached hydrogen (secondary N) is 2. The monoisotopic (exact) mass is 394 g/mol. The van der Waals surface area contributed by atoms with Crippen molar-refractivity contribution in [1.29, 1.82) is 0 Å². The molecule has 0 bridgehead atoms.